The van der Waals surface area contributed by atoms with Gasteiger partial charge in [0.2, 0.25) is 5.91 Å². The number of nitrogens with two attached hydrogens (primary N) is 1. The number of halogens is 2. The summed E-state index contributed by atoms with van der Waals surface area (Å²) >= 11 is 11.9. The number of piperidine rings is 1. The van der Waals surface area contributed by atoms with Crippen LogP contribution in [-0.4, -0.2) is 31.4 Å². The second kappa shape index (κ2) is 7.99. The van der Waals surface area contributed by atoms with E-state index in [9.17, 15) is 9.59 Å². The molecule has 0 saturated carbocycles. The van der Waals surface area contributed by atoms with Gasteiger partial charge in [-0.3, -0.25) is 9.59 Å². The van der Waals surface area contributed by atoms with Crippen LogP contribution in [0.3, 0.4) is 0 Å². The summed E-state index contributed by atoms with van der Waals surface area (Å²) in [5, 5.41) is 3.94. The third-order valence-corrected chi connectivity index (χ3v) is 5.07. The van der Waals surface area contributed by atoms with Gasteiger partial charge >= 0.3 is 0 Å². The van der Waals surface area contributed by atoms with Gasteiger partial charge in [0, 0.05) is 18.8 Å². The van der Waals surface area contributed by atoms with Crippen molar-refractivity contribution in [3.05, 3.63) is 33.8 Å². The van der Waals surface area contributed by atoms with Crippen molar-refractivity contribution in [2.24, 2.45) is 11.7 Å². The van der Waals surface area contributed by atoms with Crippen molar-refractivity contribution in [1.82, 2.24) is 5.32 Å². The minimum Gasteiger partial charge on any atom is -0.369 e. The van der Waals surface area contributed by atoms with Crippen molar-refractivity contribution in [2.75, 3.05) is 19.6 Å². The van der Waals surface area contributed by atoms with Crippen LogP contribution in [0.5, 0.6) is 0 Å². The van der Waals surface area contributed by atoms with Crippen molar-refractivity contribution < 1.29 is 14.5 Å². The van der Waals surface area contributed by atoms with E-state index in [0.29, 0.717) is 16.6 Å². The Balaban J connectivity index is 1.82. The highest BCUT2D eigenvalue weighted by molar-refractivity contribution is 6.42. The molecule has 1 aromatic carbocycles. The van der Waals surface area contributed by atoms with E-state index >= 15 is 0 Å². The zero-order valence-electron chi connectivity index (χ0n) is 13.1. The first-order chi connectivity index (χ1) is 10.9. The summed E-state index contributed by atoms with van der Waals surface area (Å²) in [7, 11) is 0. The number of hydrogen-bond donors (Lipinski definition) is 3. The van der Waals surface area contributed by atoms with Crippen LogP contribution in [0.25, 0.3) is 0 Å². The van der Waals surface area contributed by atoms with Crippen LogP contribution in [-0.2, 0) is 9.59 Å². The van der Waals surface area contributed by atoms with Crippen LogP contribution < -0.4 is 16.0 Å². The lowest BCUT2D eigenvalue weighted by Gasteiger charge is -2.27. The highest BCUT2D eigenvalue weighted by Crippen LogP contribution is 2.25. The molecule has 5 nitrogen and oxygen atoms in total. The molecular formula is C16H22Cl2N3O2+. The number of nitrogens with one attached hydrogen (secondary N) is 2. The number of hydrogen-bond acceptors (Lipinski definition) is 2. The van der Waals surface area contributed by atoms with Crippen LogP contribution in [0.4, 0.5) is 0 Å². The molecule has 1 aliphatic rings. The Morgan fingerprint density at radius 3 is 2.52 bits per heavy atom. The maximum Gasteiger partial charge on any atom is 0.275 e. The number of likely N-dealkylation sites (tertiary alicyclic amines) is 1. The van der Waals surface area contributed by atoms with Crippen LogP contribution in [0.15, 0.2) is 18.2 Å². The standard InChI is InChI=1S/C16H21Cl2N3O2/c1-10(12-2-3-13(17)14(18)8-12)20-15(22)9-21-6-4-11(5-7-21)16(19)23/h2-3,8,10-11H,4-7,9H2,1H3,(H2,19,23)(H,20,22)/p+1/t10-/m1/s1. The van der Waals surface area contributed by atoms with E-state index in [0.717, 1.165) is 31.5 Å². The van der Waals surface area contributed by atoms with Gasteiger partial charge in [-0.1, -0.05) is 29.3 Å². The average molecular weight is 359 g/mol. The normalized spacial score (nSPS) is 22.4. The van der Waals surface area contributed by atoms with Gasteiger partial charge in [0.05, 0.1) is 29.2 Å². The molecule has 0 spiro atoms. The summed E-state index contributed by atoms with van der Waals surface area (Å²) in [6.45, 7) is 3.90. The number of quaternary nitrogens is 1. The molecule has 0 bridgehead atoms. The summed E-state index contributed by atoms with van der Waals surface area (Å²) in [4.78, 5) is 24.5. The molecule has 1 atom stereocenters. The van der Waals surface area contributed by atoms with Crippen molar-refractivity contribution in [1.29, 1.82) is 0 Å². The van der Waals surface area contributed by atoms with Crippen molar-refractivity contribution in [3.63, 3.8) is 0 Å². The molecule has 1 heterocycles. The Labute approximate surface area is 146 Å². The molecule has 23 heavy (non-hydrogen) atoms. The van der Waals surface area contributed by atoms with E-state index in [-0.39, 0.29) is 23.8 Å². The number of carbonyl (C=O) groups is 2. The second-order valence-electron chi connectivity index (χ2n) is 6.07. The van der Waals surface area contributed by atoms with Gasteiger partial charge in [-0.05, 0) is 24.6 Å². The van der Waals surface area contributed by atoms with Crippen LogP contribution >= 0.6 is 23.2 Å². The van der Waals surface area contributed by atoms with E-state index in [1.807, 2.05) is 13.0 Å². The highest BCUT2D eigenvalue weighted by atomic mass is 35.5. The number of amides is 2. The van der Waals surface area contributed by atoms with E-state index < -0.39 is 0 Å². The predicted octanol–water partition coefficient (Wildman–Crippen LogP) is 0.951. The van der Waals surface area contributed by atoms with Gasteiger partial charge in [-0.25, -0.2) is 0 Å². The van der Waals surface area contributed by atoms with Gasteiger partial charge < -0.3 is 16.0 Å². The smallest absolute Gasteiger partial charge is 0.275 e. The Morgan fingerprint density at radius 1 is 1.30 bits per heavy atom. The third kappa shape index (κ3) is 5.09. The maximum absolute atomic E-state index is 12.2. The minimum atomic E-state index is -0.234. The molecular weight excluding hydrogens is 337 g/mol. The first kappa shape index (κ1) is 18.0. The van der Waals surface area contributed by atoms with Gasteiger partial charge in [0.1, 0.15) is 0 Å². The fourth-order valence-corrected chi connectivity index (χ4v) is 3.18. The number of rotatable bonds is 5. The maximum atomic E-state index is 12.2. The second-order valence-corrected chi connectivity index (χ2v) is 6.88. The summed E-state index contributed by atoms with van der Waals surface area (Å²) < 4.78 is 0. The molecule has 1 aromatic rings. The Hall–Kier alpha value is -1.30. The number of primary amides is 1. The molecule has 0 radical (unpaired) electrons. The van der Waals surface area contributed by atoms with Gasteiger partial charge in [0.15, 0.2) is 6.54 Å². The SMILES string of the molecule is C[C@@H](NC(=O)C[NH+]1CCC(C(N)=O)CC1)c1ccc(Cl)c(Cl)c1. The highest BCUT2D eigenvalue weighted by Gasteiger charge is 2.27. The molecule has 0 aromatic heterocycles. The molecule has 4 N–H and O–H groups in total. The Kier molecular flexibility index (Phi) is 6.27. The molecule has 0 unspecified atom stereocenters. The van der Waals surface area contributed by atoms with E-state index in [4.69, 9.17) is 28.9 Å². The first-order valence-electron chi connectivity index (χ1n) is 7.74. The van der Waals surface area contributed by atoms with E-state index in [1.165, 1.54) is 4.90 Å². The largest absolute Gasteiger partial charge is 0.369 e. The summed E-state index contributed by atoms with van der Waals surface area (Å²) in [5.74, 6) is -0.296. The van der Waals surface area contributed by atoms with Crippen molar-refractivity contribution in [2.45, 2.75) is 25.8 Å². The topological polar surface area (TPSA) is 76.6 Å². The molecule has 1 fully saturated rings. The lowest BCUT2D eigenvalue weighted by Crippen LogP contribution is -3.14. The zero-order chi connectivity index (χ0) is 17.0. The number of benzene rings is 1. The molecule has 2 amide bonds. The fraction of sp³-hybridized carbons (Fsp3) is 0.500. The molecule has 1 saturated heterocycles. The quantitative estimate of drug-likeness (QED) is 0.732. The predicted molar refractivity (Wildman–Crippen MR) is 90.5 cm³/mol. The third-order valence-electron chi connectivity index (χ3n) is 4.33. The lowest BCUT2D eigenvalue weighted by molar-refractivity contribution is -0.897. The first-order valence-corrected chi connectivity index (χ1v) is 8.49. The summed E-state index contributed by atoms with van der Waals surface area (Å²) in [6, 6.07) is 5.20. The van der Waals surface area contributed by atoms with Crippen molar-refractivity contribution in [3.8, 4) is 0 Å². The van der Waals surface area contributed by atoms with E-state index in [1.54, 1.807) is 12.1 Å². The van der Waals surface area contributed by atoms with Gasteiger partial charge in [-0.2, -0.15) is 0 Å². The van der Waals surface area contributed by atoms with E-state index in [2.05, 4.69) is 5.32 Å². The molecule has 0 aliphatic carbocycles. The average Bonchev–Trinajstić information content (AvgIpc) is 2.50. The minimum absolute atomic E-state index is 0.0175. The Morgan fingerprint density at radius 2 is 1.96 bits per heavy atom. The summed E-state index contributed by atoms with van der Waals surface area (Å²) in [5.41, 5.74) is 6.23. The molecule has 1 aliphatic heterocycles. The lowest BCUT2D eigenvalue weighted by atomic mass is 9.96. The van der Waals surface area contributed by atoms with Crippen LogP contribution in [0, 0.1) is 5.92 Å². The molecule has 7 heteroatoms. The van der Waals surface area contributed by atoms with Crippen LogP contribution in [0.1, 0.15) is 31.4 Å². The van der Waals surface area contributed by atoms with Crippen molar-refractivity contribution >= 4 is 35.0 Å². The Bertz CT molecular complexity index is 587. The fourth-order valence-electron chi connectivity index (χ4n) is 2.87. The van der Waals surface area contributed by atoms with Gasteiger partial charge in [0.25, 0.3) is 5.91 Å². The van der Waals surface area contributed by atoms with Crippen LogP contribution in [0.2, 0.25) is 10.0 Å². The van der Waals surface area contributed by atoms with Gasteiger partial charge in [-0.15, -0.1) is 0 Å². The number of carbonyl (C=O) groups excluding carboxylic acids is 2. The monoisotopic (exact) mass is 358 g/mol. The summed E-state index contributed by atoms with van der Waals surface area (Å²) in [6.07, 6.45) is 1.50. The molecule has 2 rings (SSSR count). The molecule has 126 valence electrons. The zero-order valence-corrected chi connectivity index (χ0v) is 14.6.